The van der Waals surface area contributed by atoms with Crippen molar-refractivity contribution in [1.82, 2.24) is 0 Å². The molecule has 0 aliphatic carbocycles. The minimum absolute atomic E-state index is 0.155. The first kappa shape index (κ1) is 20.3. The normalized spacial score (nSPS) is 18.6. The van der Waals surface area contributed by atoms with Gasteiger partial charge in [-0.2, -0.15) is 0 Å². The second kappa shape index (κ2) is 8.28. The summed E-state index contributed by atoms with van der Waals surface area (Å²) >= 11 is 7.18. The van der Waals surface area contributed by atoms with Crippen LogP contribution in [0.5, 0.6) is 11.5 Å². The Morgan fingerprint density at radius 1 is 1.29 bits per heavy atom. The summed E-state index contributed by atoms with van der Waals surface area (Å²) in [6.45, 7) is 0. The van der Waals surface area contributed by atoms with Gasteiger partial charge in [0, 0.05) is 10.7 Å². The second-order valence-corrected chi connectivity index (χ2v) is 7.77. The van der Waals surface area contributed by atoms with E-state index in [0.717, 1.165) is 11.8 Å². The lowest BCUT2D eigenvalue weighted by molar-refractivity contribution is -0.138. The van der Waals surface area contributed by atoms with Crippen LogP contribution in [-0.4, -0.2) is 36.5 Å². The van der Waals surface area contributed by atoms with E-state index in [1.807, 2.05) is 0 Å². The zero-order valence-electron chi connectivity index (χ0n) is 15.0. The van der Waals surface area contributed by atoms with Crippen LogP contribution in [0.4, 0.5) is 10.1 Å². The molecule has 1 heterocycles. The molecule has 0 fully saturated rings. The Bertz CT molecular complexity index is 939. The lowest BCUT2D eigenvalue weighted by atomic mass is 10.0. The van der Waals surface area contributed by atoms with Gasteiger partial charge in [0.25, 0.3) is 0 Å². The monoisotopic (exact) mass is 425 g/mol. The predicted molar refractivity (Wildman–Crippen MR) is 105 cm³/mol. The van der Waals surface area contributed by atoms with Gasteiger partial charge in [-0.3, -0.25) is 9.59 Å². The molecule has 0 saturated carbocycles. The van der Waals surface area contributed by atoms with Crippen LogP contribution in [0, 0.1) is 5.82 Å². The van der Waals surface area contributed by atoms with Gasteiger partial charge in [0.2, 0.25) is 5.91 Å². The van der Waals surface area contributed by atoms with Crippen molar-refractivity contribution in [3.8, 4) is 11.5 Å². The van der Waals surface area contributed by atoms with Gasteiger partial charge in [0.15, 0.2) is 11.5 Å². The van der Waals surface area contributed by atoms with Crippen molar-refractivity contribution in [3.05, 3.63) is 52.3 Å². The molecule has 0 unspecified atom stereocenters. The molecule has 1 aliphatic rings. The number of aliphatic carboxylic acids is 1. The molecule has 28 heavy (non-hydrogen) atoms. The van der Waals surface area contributed by atoms with Crippen LogP contribution in [0.2, 0.25) is 5.02 Å². The Kier molecular flexibility index (Phi) is 6.00. The number of hydrogen-bond donors (Lipinski definition) is 2. The molecule has 0 saturated heterocycles. The smallest absolute Gasteiger partial charge is 0.305 e. The number of thioether (sulfide) groups is 1. The maximum atomic E-state index is 14.9. The van der Waals surface area contributed by atoms with Gasteiger partial charge in [-0.25, -0.2) is 4.39 Å². The molecule has 148 valence electrons. The highest BCUT2D eigenvalue weighted by Gasteiger charge is 2.36. The quantitative estimate of drug-likeness (QED) is 0.749. The number of fused-ring (bicyclic) bond motifs is 1. The maximum Gasteiger partial charge on any atom is 0.305 e. The van der Waals surface area contributed by atoms with Crippen molar-refractivity contribution in [2.75, 3.05) is 19.5 Å². The molecule has 1 aliphatic heterocycles. The minimum atomic E-state index is -1.13. The first-order chi connectivity index (χ1) is 13.3. The molecule has 0 aromatic heterocycles. The van der Waals surface area contributed by atoms with Crippen LogP contribution < -0.4 is 14.8 Å². The molecular formula is C19H17ClFNO5S. The lowest BCUT2D eigenvalue weighted by Gasteiger charge is -2.23. The summed E-state index contributed by atoms with van der Waals surface area (Å²) < 4.78 is 25.6. The Morgan fingerprint density at radius 3 is 2.68 bits per heavy atom. The van der Waals surface area contributed by atoms with E-state index >= 15 is 0 Å². The minimum Gasteiger partial charge on any atom is -0.493 e. The van der Waals surface area contributed by atoms with E-state index in [9.17, 15) is 19.1 Å². The number of halogens is 2. The fourth-order valence-corrected chi connectivity index (χ4v) is 4.70. The molecule has 0 radical (unpaired) electrons. The van der Waals surface area contributed by atoms with Crippen LogP contribution in [0.1, 0.15) is 22.8 Å². The average molecular weight is 426 g/mol. The second-order valence-electron chi connectivity index (χ2n) is 6.02. The largest absolute Gasteiger partial charge is 0.493 e. The van der Waals surface area contributed by atoms with Gasteiger partial charge < -0.3 is 19.9 Å². The number of anilines is 1. The molecular weight excluding hydrogens is 409 g/mol. The first-order valence-corrected chi connectivity index (χ1v) is 9.55. The number of carboxylic acids is 1. The van der Waals surface area contributed by atoms with E-state index in [2.05, 4.69) is 5.32 Å². The summed E-state index contributed by atoms with van der Waals surface area (Å²) in [5.41, 5.74) is 1.13. The molecule has 2 N–H and O–H groups in total. The number of hydrogen-bond acceptors (Lipinski definition) is 5. The van der Waals surface area contributed by atoms with E-state index in [4.69, 9.17) is 21.1 Å². The van der Waals surface area contributed by atoms with Crippen molar-refractivity contribution in [1.29, 1.82) is 0 Å². The highest BCUT2D eigenvalue weighted by Crippen LogP contribution is 2.50. The van der Waals surface area contributed by atoms with Crippen LogP contribution in [0.15, 0.2) is 30.3 Å². The van der Waals surface area contributed by atoms with Crippen LogP contribution >= 0.6 is 23.4 Å². The molecule has 1 amide bonds. The third-order valence-corrected chi connectivity index (χ3v) is 6.01. The fraction of sp³-hybridized carbons (Fsp3) is 0.263. The Labute approximate surface area is 170 Å². The number of nitrogens with one attached hydrogen (secondary N) is 1. The lowest BCUT2D eigenvalue weighted by Crippen LogP contribution is -2.26. The van der Waals surface area contributed by atoms with Gasteiger partial charge >= 0.3 is 5.97 Å². The zero-order chi connectivity index (χ0) is 20.4. The molecule has 9 heteroatoms. The summed E-state index contributed by atoms with van der Waals surface area (Å²) in [5, 5.41) is 10.6. The molecule has 2 atom stereocenters. The number of carbonyl (C=O) groups excluding carboxylic acids is 1. The number of carboxylic acid groups (broad SMARTS) is 1. The number of carbonyl (C=O) groups is 2. The third-order valence-electron chi connectivity index (χ3n) is 4.30. The van der Waals surface area contributed by atoms with Crippen molar-refractivity contribution in [2.24, 2.45) is 0 Å². The number of benzene rings is 2. The number of ether oxygens (including phenoxy) is 2. The standard InChI is InChI=1S/C19H17ClFNO5S/c1-26-13-6-4-11(21)16(17(13)27-2)18-10-7-9(20)3-5-12(10)22-19(25)14(28-18)8-15(23)24/h3-7,14,18H,8H2,1-2H3,(H,22,25)(H,23,24)/t14-,18+/m1/s1. The molecule has 6 nitrogen and oxygen atoms in total. The molecule has 0 bridgehead atoms. The zero-order valence-corrected chi connectivity index (χ0v) is 16.6. The van der Waals surface area contributed by atoms with Crippen molar-refractivity contribution in [3.63, 3.8) is 0 Å². The van der Waals surface area contributed by atoms with Crippen LogP contribution in [-0.2, 0) is 9.59 Å². The number of rotatable bonds is 5. The molecule has 3 rings (SSSR count). The summed E-state index contributed by atoms with van der Waals surface area (Å²) in [5.74, 6) is -1.67. The Morgan fingerprint density at radius 2 is 2.04 bits per heavy atom. The summed E-state index contributed by atoms with van der Waals surface area (Å²) in [4.78, 5) is 23.8. The van der Waals surface area contributed by atoms with E-state index in [-0.39, 0.29) is 11.3 Å². The summed E-state index contributed by atoms with van der Waals surface area (Å²) in [6, 6.07) is 7.51. The van der Waals surface area contributed by atoms with Crippen molar-refractivity contribution in [2.45, 2.75) is 16.9 Å². The summed E-state index contributed by atoms with van der Waals surface area (Å²) in [6.07, 6.45) is -0.414. The third kappa shape index (κ3) is 3.88. The highest BCUT2D eigenvalue weighted by atomic mass is 35.5. The van der Waals surface area contributed by atoms with E-state index in [0.29, 0.717) is 22.0 Å². The first-order valence-electron chi connectivity index (χ1n) is 8.23. The number of amides is 1. The molecule has 2 aromatic rings. The van der Waals surface area contributed by atoms with Gasteiger partial charge in [0.05, 0.1) is 36.7 Å². The summed E-state index contributed by atoms with van der Waals surface area (Å²) in [7, 11) is 2.82. The van der Waals surface area contributed by atoms with Gasteiger partial charge in [-0.15, -0.1) is 11.8 Å². The predicted octanol–water partition coefficient (Wildman–Crippen LogP) is 4.11. The Balaban J connectivity index is 2.23. The molecule has 0 spiro atoms. The number of methoxy groups -OCH3 is 2. The SMILES string of the molecule is COc1ccc(F)c([C@H]2S[C@H](CC(=O)O)C(=O)Nc3ccc(Cl)cc32)c1OC. The maximum absolute atomic E-state index is 14.9. The van der Waals surface area contributed by atoms with Crippen LogP contribution in [0.25, 0.3) is 0 Å². The van der Waals surface area contributed by atoms with Crippen molar-refractivity contribution >= 4 is 40.9 Å². The van der Waals surface area contributed by atoms with E-state index < -0.39 is 34.6 Å². The van der Waals surface area contributed by atoms with Gasteiger partial charge in [-0.05, 0) is 35.9 Å². The van der Waals surface area contributed by atoms with E-state index in [1.54, 1.807) is 18.2 Å². The van der Waals surface area contributed by atoms with Gasteiger partial charge in [-0.1, -0.05) is 11.6 Å². The Hall–Kier alpha value is -2.45. The van der Waals surface area contributed by atoms with Crippen molar-refractivity contribution < 1.29 is 28.6 Å². The topological polar surface area (TPSA) is 84.9 Å². The van der Waals surface area contributed by atoms with E-state index in [1.165, 1.54) is 26.4 Å². The fourth-order valence-electron chi connectivity index (χ4n) is 3.07. The average Bonchev–Trinajstić information content (AvgIpc) is 2.78. The van der Waals surface area contributed by atoms with Crippen LogP contribution in [0.3, 0.4) is 0 Å². The molecule has 2 aromatic carbocycles. The van der Waals surface area contributed by atoms with Gasteiger partial charge in [0.1, 0.15) is 5.82 Å². The highest BCUT2D eigenvalue weighted by molar-refractivity contribution is 8.01.